The van der Waals surface area contributed by atoms with Gasteiger partial charge in [0.15, 0.2) is 10.9 Å². The second-order valence-electron chi connectivity index (χ2n) is 6.20. The van der Waals surface area contributed by atoms with Crippen LogP contribution >= 0.6 is 27.7 Å². The molecule has 0 N–H and O–H groups in total. The fourth-order valence-corrected chi connectivity index (χ4v) is 3.80. The van der Waals surface area contributed by atoms with Crippen molar-refractivity contribution in [3.63, 3.8) is 0 Å². The van der Waals surface area contributed by atoms with Crippen molar-refractivity contribution < 1.29 is 4.79 Å². The zero-order valence-corrected chi connectivity index (χ0v) is 17.3. The lowest BCUT2D eigenvalue weighted by Gasteiger charge is -2.06. The standard InChI is InChI=1S/C20H15BrN4O2S/c1-13-2-4-14(5-3-13)17(26)12-28-20-23-22-18-19(27)24(10-11-25(18)20)16-8-6-15(21)7-9-16/h2-11H,12H2,1H3. The van der Waals surface area contributed by atoms with E-state index in [2.05, 4.69) is 26.1 Å². The van der Waals surface area contributed by atoms with Gasteiger partial charge in [0.05, 0.1) is 5.75 Å². The first-order chi connectivity index (χ1) is 13.5. The maximum absolute atomic E-state index is 12.8. The van der Waals surface area contributed by atoms with Gasteiger partial charge in [-0.3, -0.25) is 18.6 Å². The molecule has 0 aliphatic rings. The van der Waals surface area contributed by atoms with E-state index in [0.29, 0.717) is 10.7 Å². The maximum Gasteiger partial charge on any atom is 0.300 e. The normalized spacial score (nSPS) is 11.1. The summed E-state index contributed by atoms with van der Waals surface area (Å²) >= 11 is 4.65. The van der Waals surface area contributed by atoms with Crippen LogP contribution in [0.5, 0.6) is 0 Å². The molecule has 0 aliphatic carbocycles. The van der Waals surface area contributed by atoms with Crippen LogP contribution in [0.1, 0.15) is 15.9 Å². The van der Waals surface area contributed by atoms with Crippen LogP contribution in [0.4, 0.5) is 0 Å². The number of Topliss-reactive ketones (excluding diaryl/α,β-unsaturated/α-hetero) is 1. The highest BCUT2D eigenvalue weighted by Crippen LogP contribution is 2.18. The molecule has 0 atom stereocenters. The van der Waals surface area contributed by atoms with E-state index in [1.165, 1.54) is 16.3 Å². The van der Waals surface area contributed by atoms with Crippen LogP contribution in [0.2, 0.25) is 0 Å². The van der Waals surface area contributed by atoms with E-state index in [1.54, 1.807) is 16.8 Å². The predicted octanol–water partition coefficient (Wildman–Crippen LogP) is 3.93. The number of halogens is 1. The van der Waals surface area contributed by atoms with Gasteiger partial charge in [0, 0.05) is 28.1 Å². The van der Waals surface area contributed by atoms with Crippen molar-refractivity contribution in [3.8, 4) is 5.69 Å². The molecule has 0 saturated heterocycles. The highest BCUT2D eigenvalue weighted by molar-refractivity contribution is 9.10. The smallest absolute Gasteiger partial charge is 0.293 e. The van der Waals surface area contributed by atoms with E-state index in [-0.39, 0.29) is 22.7 Å². The van der Waals surface area contributed by atoms with E-state index >= 15 is 0 Å². The Morgan fingerprint density at radius 2 is 1.75 bits per heavy atom. The van der Waals surface area contributed by atoms with Crippen LogP contribution in [0.25, 0.3) is 11.3 Å². The molecule has 6 nitrogen and oxygen atoms in total. The number of carbonyl (C=O) groups excluding carboxylic acids is 1. The number of ketones is 1. The van der Waals surface area contributed by atoms with E-state index in [0.717, 1.165) is 15.7 Å². The van der Waals surface area contributed by atoms with E-state index in [1.807, 2.05) is 55.5 Å². The van der Waals surface area contributed by atoms with Gasteiger partial charge in [-0.05, 0) is 31.2 Å². The first-order valence-electron chi connectivity index (χ1n) is 8.48. The molecule has 0 fully saturated rings. The molecule has 0 aliphatic heterocycles. The van der Waals surface area contributed by atoms with Gasteiger partial charge < -0.3 is 0 Å². The Bertz CT molecular complexity index is 1210. The van der Waals surface area contributed by atoms with Gasteiger partial charge in [-0.25, -0.2) is 0 Å². The summed E-state index contributed by atoms with van der Waals surface area (Å²) in [6.45, 7) is 1.98. The van der Waals surface area contributed by atoms with Crippen molar-refractivity contribution in [1.29, 1.82) is 0 Å². The Balaban J connectivity index is 1.58. The van der Waals surface area contributed by atoms with Crippen molar-refractivity contribution in [2.75, 3.05) is 5.75 Å². The van der Waals surface area contributed by atoms with E-state index in [4.69, 9.17) is 0 Å². The summed E-state index contributed by atoms with van der Waals surface area (Å²) in [7, 11) is 0. The fourth-order valence-electron chi connectivity index (χ4n) is 2.72. The van der Waals surface area contributed by atoms with Crippen LogP contribution in [-0.4, -0.2) is 30.7 Å². The Kier molecular flexibility index (Phi) is 5.15. The molecule has 8 heteroatoms. The minimum Gasteiger partial charge on any atom is -0.293 e. The largest absolute Gasteiger partial charge is 0.300 e. The molecule has 2 heterocycles. The highest BCUT2D eigenvalue weighted by Gasteiger charge is 2.14. The van der Waals surface area contributed by atoms with Gasteiger partial charge in [0.25, 0.3) is 0 Å². The maximum atomic E-state index is 12.8. The summed E-state index contributed by atoms with van der Waals surface area (Å²) in [4.78, 5) is 25.1. The van der Waals surface area contributed by atoms with Crippen molar-refractivity contribution in [1.82, 2.24) is 19.2 Å². The van der Waals surface area contributed by atoms with Crippen molar-refractivity contribution in [2.45, 2.75) is 12.1 Å². The minimum atomic E-state index is -0.269. The summed E-state index contributed by atoms with van der Waals surface area (Å²) < 4.78 is 4.07. The summed E-state index contributed by atoms with van der Waals surface area (Å²) in [5.74, 6) is 0.226. The molecule has 0 radical (unpaired) electrons. The fraction of sp³-hybridized carbons (Fsp3) is 0.100. The van der Waals surface area contributed by atoms with Crippen molar-refractivity contribution in [2.24, 2.45) is 0 Å². The topological polar surface area (TPSA) is 69.3 Å². The summed E-state index contributed by atoms with van der Waals surface area (Å²) in [5.41, 5.74) is 2.45. The second kappa shape index (κ2) is 7.73. The lowest BCUT2D eigenvalue weighted by Crippen LogP contribution is -2.20. The number of aromatic nitrogens is 4. The molecule has 0 saturated carbocycles. The number of aryl methyl sites for hydroxylation is 1. The number of rotatable bonds is 5. The van der Waals surface area contributed by atoms with Gasteiger partial charge >= 0.3 is 5.56 Å². The highest BCUT2D eigenvalue weighted by atomic mass is 79.9. The summed E-state index contributed by atoms with van der Waals surface area (Å²) in [6, 6.07) is 14.9. The number of fused-ring (bicyclic) bond motifs is 1. The molecule has 2 aromatic heterocycles. The molecule has 28 heavy (non-hydrogen) atoms. The third-order valence-electron chi connectivity index (χ3n) is 4.25. The molecule has 140 valence electrons. The predicted molar refractivity (Wildman–Crippen MR) is 113 cm³/mol. The van der Waals surface area contributed by atoms with Crippen LogP contribution in [-0.2, 0) is 0 Å². The van der Waals surface area contributed by atoms with Gasteiger partial charge in [0.1, 0.15) is 0 Å². The number of hydrogen-bond donors (Lipinski definition) is 0. The molecule has 2 aromatic carbocycles. The average Bonchev–Trinajstić information content (AvgIpc) is 3.12. The zero-order valence-electron chi connectivity index (χ0n) is 14.9. The van der Waals surface area contributed by atoms with E-state index in [9.17, 15) is 9.59 Å². The lowest BCUT2D eigenvalue weighted by molar-refractivity contribution is 0.102. The molecule has 0 bridgehead atoms. The number of carbonyl (C=O) groups is 1. The minimum absolute atomic E-state index is 0.00459. The van der Waals surface area contributed by atoms with Crippen LogP contribution in [0.3, 0.4) is 0 Å². The van der Waals surface area contributed by atoms with Gasteiger partial charge in [-0.2, -0.15) is 0 Å². The van der Waals surface area contributed by atoms with Gasteiger partial charge in [-0.15, -0.1) is 10.2 Å². The monoisotopic (exact) mass is 454 g/mol. The second-order valence-corrected chi connectivity index (χ2v) is 8.06. The first kappa shape index (κ1) is 18.6. The third kappa shape index (κ3) is 3.65. The molecular weight excluding hydrogens is 440 g/mol. The number of benzene rings is 2. The molecule has 0 unspecified atom stereocenters. The summed E-state index contributed by atoms with van der Waals surface area (Å²) in [6.07, 6.45) is 3.41. The quantitative estimate of drug-likeness (QED) is 0.337. The van der Waals surface area contributed by atoms with E-state index < -0.39 is 0 Å². The Labute approximate surface area is 173 Å². The molecule has 0 spiro atoms. The summed E-state index contributed by atoms with van der Waals surface area (Å²) in [5, 5.41) is 8.62. The first-order valence-corrected chi connectivity index (χ1v) is 10.3. The Morgan fingerprint density at radius 3 is 2.46 bits per heavy atom. The number of nitrogens with zero attached hydrogens (tertiary/aromatic N) is 4. The molecule has 0 amide bonds. The van der Waals surface area contributed by atoms with Gasteiger partial charge in [-0.1, -0.05) is 57.5 Å². The van der Waals surface area contributed by atoms with Crippen LogP contribution in [0, 0.1) is 6.92 Å². The van der Waals surface area contributed by atoms with Crippen molar-refractivity contribution in [3.05, 3.63) is 86.9 Å². The molecule has 4 aromatic rings. The van der Waals surface area contributed by atoms with Crippen LogP contribution < -0.4 is 5.56 Å². The number of thioether (sulfide) groups is 1. The SMILES string of the molecule is Cc1ccc(C(=O)CSc2nnc3c(=O)n(-c4ccc(Br)cc4)ccn23)cc1. The Morgan fingerprint density at radius 1 is 1.04 bits per heavy atom. The Hall–Kier alpha value is -2.71. The van der Waals surface area contributed by atoms with Crippen molar-refractivity contribution >= 4 is 39.1 Å². The zero-order chi connectivity index (χ0) is 19.7. The average molecular weight is 455 g/mol. The number of hydrogen-bond acceptors (Lipinski definition) is 5. The van der Waals surface area contributed by atoms with Crippen LogP contribution in [0.15, 0.2) is 75.3 Å². The lowest BCUT2D eigenvalue weighted by atomic mass is 10.1. The third-order valence-corrected chi connectivity index (χ3v) is 5.72. The molecular formula is C20H15BrN4O2S. The van der Waals surface area contributed by atoms with Gasteiger partial charge in [0.2, 0.25) is 5.65 Å². The molecule has 4 rings (SSSR count).